The number of benzene rings is 2. The third-order valence-corrected chi connectivity index (χ3v) is 6.29. The number of amides is 2. The molecule has 0 unspecified atom stereocenters. The first-order chi connectivity index (χ1) is 15.5. The maximum absolute atomic E-state index is 13.3. The highest BCUT2D eigenvalue weighted by molar-refractivity contribution is 7.13. The highest BCUT2D eigenvalue weighted by Gasteiger charge is 2.30. The average molecular weight is 455 g/mol. The van der Waals surface area contributed by atoms with Crippen molar-refractivity contribution in [2.45, 2.75) is 31.8 Å². The zero-order valence-electron chi connectivity index (χ0n) is 17.5. The van der Waals surface area contributed by atoms with Crippen molar-refractivity contribution < 1.29 is 18.7 Å². The maximum atomic E-state index is 13.3. The molecule has 0 bridgehead atoms. The topological polar surface area (TPSA) is 84.4 Å². The Morgan fingerprint density at radius 3 is 2.78 bits per heavy atom. The number of aromatic nitrogens is 2. The van der Waals surface area contributed by atoms with E-state index in [4.69, 9.17) is 4.74 Å². The lowest BCUT2D eigenvalue weighted by Crippen LogP contribution is -2.45. The van der Waals surface area contributed by atoms with Gasteiger partial charge in [0, 0.05) is 24.7 Å². The second-order valence-electron chi connectivity index (χ2n) is 7.61. The number of hydrogen-bond acceptors (Lipinski definition) is 6. The summed E-state index contributed by atoms with van der Waals surface area (Å²) in [6.45, 7) is 2.91. The van der Waals surface area contributed by atoms with Gasteiger partial charge in [-0.2, -0.15) is 0 Å². The van der Waals surface area contributed by atoms with Crippen LogP contribution in [-0.2, 0) is 4.79 Å². The molecule has 32 heavy (non-hydrogen) atoms. The smallest absolute Gasteiger partial charge is 0.286 e. The van der Waals surface area contributed by atoms with E-state index in [2.05, 4.69) is 15.5 Å². The largest absolute Gasteiger partial charge is 0.481 e. The van der Waals surface area contributed by atoms with Crippen molar-refractivity contribution in [2.75, 3.05) is 18.4 Å². The van der Waals surface area contributed by atoms with Gasteiger partial charge in [-0.3, -0.25) is 9.59 Å². The molecule has 2 atom stereocenters. The van der Waals surface area contributed by atoms with E-state index < -0.39 is 17.8 Å². The number of halogens is 1. The van der Waals surface area contributed by atoms with E-state index >= 15 is 0 Å². The number of rotatable bonds is 6. The predicted molar refractivity (Wildman–Crippen MR) is 119 cm³/mol. The van der Waals surface area contributed by atoms with Crippen molar-refractivity contribution in [3.05, 3.63) is 70.4 Å². The van der Waals surface area contributed by atoms with Crippen LogP contribution in [0.3, 0.4) is 0 Å². The number of nitrogens with one attached hydrogen (secondary N) is 1. The molecule has 1 aromatic heterocycles. The summed E-state index contributed by atoms with van der Waals surface area (Å²) in [5.41, 5.74) is 0.355. The Morgan fingerprint density at radius 1 is 1.19 bits per heavy atom. The van der Waals surface area contributed by atoms with Crippen LogP contribution < -0.4 is 10.1 Å². The summed E-state index contributed by atoms with van der Waals surface area (Å²) in [7, 11) is 0. The molecule has 1 aliphatic heterocycles. The van der Waals surface area contributed by atoms with Crippen LogP contribution >= 0.6 is 11.3 Å². The summed E-state index contributed by atoms with van der Waals surface area (Å²) >= 11 is 1.20. The third-order valence-electron chi connectivity index (χ3n) is 5.20. The molecule has 1 N–H and O–H groups in total. The molecule has 3 aromatic rings. The fourth-order valence-corrected chi connectivity index (χ4v) is 4.50. The van der Waals surface area contributed by atoms with E-state index in [1.54, 1.807) is 17.9 Å². The van der Waals surface area contributed by atoms with Gasteiger partial charge in [-0.25, -0.2) is 4.39 Å². The Morgan fingerprint density at radius 2 is 2.00 bits per heavy atom. The fourth-order valence-electron chi connectivity index (χ4n) is 3.63. The van der Waals surface area contributed by atoms with Gasteiger partial charge in [0.1, 0.15) is 16.6 Å². The van der Waals surface area contributed by atoms with Crippen LogP contribution in [0.25, 0.3) is 0 Å². The van der Waals surface area contributed by atoms with Gasteiger partial charge in [-0.05, 0) is 50.1 Å². The Balaban J connectivity index is 1.37. The first kappa shape index (κ1) is 21.9. The van der Waals surface area contributed by atoms with Gasteiger partial charge in [0.2, 0.25) is 5.01 Å². The molecule has 1 aliphatic rings. The summed E-state index contributed by atoms with van der Waals surface area (Å²) < 4.78 is 19.1. The number of piperidine rings is 1. The predicted octanol–water partition coefficient (Wildman–Crippen LogP) is 4.10. The summed E-state index contributed by atoms with van der Waals surface area (Å²) in [4.78, 5) is 27.1. The molecular formula is C23H23FN4O3S. The second kappa shape index (κ2) is 9.86. The zero-order valence-corrected chi connectivity index (χ0v) is 18.3. The third kappa shape index (κ3) is 5.28. The van der Waals surface area contributed by atoms with E-state index in [9.17, 15) is 14.0 Å². The highest BCUT2D eigenvalue weighted by atomic mass is 32.1. The molecule has 0 saturated carbocycles. The number of likely N-dealkylation sites (tertiary alicyclic amines) is 1. The highest BCUT2D eigenvalue weighted by Crippen LogP contribution is 2.30. The van der Waals surface area contributed by atoms with E-state index in [0.29, 0.717) is 29.5 Å². The SMILES string of the molecule is C[C@H](Oc1ccccc1)C(=O)N1CCC[C@H](c2nnc(C(=O)Nc3cccc(F)c3)s2)C1. The summed E-state index contributed by atoms with van der Waals surface area (Å²) in [6, 6.07) is 14.9. The minimum atomic E-state index is -0.599. The van der Waals surface area contributed by atoms with E-state index in [-0.39, 0.29) is 16.8 Å². The molecule has 1 fully saturated rings. The quantitative estimate of drug-likeness (QED) is 0.606. The lowest BCUT2D eigenvalue weighted by Gasteiger charge is -2.33. The van der Waals surface area contributed by atoms with Crippen LogP contribution in [0.1, 0.15) is 40.5 Å². The normalized spacial score (nSPS) is 16.9. The molecule has 166 valence electrons. The number of hydrogen-bond donors (Lipinski definition) is 1. The molecule has 4 rings (SSSR count). The first-order valence-electron chi connectivity index (χ1n) is 10.4. The lowest BCUT2D eigenvalue weighted by atomic mass is 9.98. The minimum Gasteiger partial charge on any atom is -0.481 e. The van der Waals surface area contributed by atoms with Crippen LogP contribution in [0.5, 0.6) is 5.75 Å². The fraction of sp³-hybridized carbons (Fsp3) is 0.304. The number of para-hydroxylation sites is 1. The number of carbonyl (C=O) groups excluding carboxylic acids is 2. The maximum Gasteiger partial charge on any atom is 0.286 e. The number of nitrogens with zero attached hydrogens (tertiary/aromatic N) is 3. The van der Waals surface area contributed by atoms with Gasteiger partial charge in [0.15, 0.2) is 6.10 Å². The molecule has 0 radical (unpaired) electrons. The van der Waals surface area contributed by atoms with Gasteiger partial charge in [-0.15, -0.1) is 10.2 Å². The van der Waals surface area contributed by atoms with E-state index in [0.717, 1.165) is 12.8 Å². The minimum absolute atomic E-state index is 0.00449. The molecule has 2 aromatic carbocycles. The molecule has 7 nitrogen and oxygen atoms in total. The molecule has 0 spiro atoms. The van der Waals surface area contributed by atoms with Crippen LogP contribution in [-0.4, -0.2) is 46.1 Å². The zero-order chi connectivity index (χ0) is 22.5. The Labute approximate surface area is 189 Å². The monoisotopic (exact) mass is 454 g/mol. The van der Waals surface area contributed by atoms with Crippen LogP contribution in [0.4, 0.5) is 10.1 Å². The Bertz CT molecular complexity index is 1090. The van der Waals surface area contributed by atoms with Crippen LogP contribution in [0, 0.1) is 5.82 Å². The van der Waals surface area contributed by atoms with Gasteiger partial charge in [0.25, 0.3) is 11.8 Å². The lowest BCUT2D eigenvalue weighted by molar-refractivity contribution is -0.139. The summed E-state index contributed by atoms with van der Waals surface area (Å²) in [6.07, 6.45) is 1.09. The molecule has 2 heterocycles. The molecule has 2 amide bonds. The average Bonchev–Trinajstić information content (AvgIpc) is 3.30. The molecule has 0 aliphatic carbocycles. The van der Waals surface area contributed by atoms with Gasteiger partial charge in [0.05, 0.1) is 0 Å². The van der Waals surface area contributed by atoms with Crippen LogP contribution in [0.15, 0.2) is 54.6 Å². The molecule has 9 heteroatoms. The van der Waals surface area contributed by atoms with E-state index in [1.165, 1.54) is 29.5 Å². The van der Waals surface area contributed by atoms with Gasteiger partial charge < -0.3 is 15.0 Å². The Hall–Kier alpha value is -3.33. The van der Waals surface area contributed by atoms with E-state index in [1.807, 2.05) is 30.3 Å². The van der Waals surface area contributed by atoms with Crippen molar-refractivity contribution in [1.29, 1.82) is 0 Å². The van der Waals surface area contributed by atoms with Gasteiger partial charge >= 0.3 is 0 Å². The summed E-state index contributed by atoms with van der Waals surface area (Å²) in [5.74, 6) is -0.289. The first-order valence-corrected chi connectivity index (χ1v) is 11.2. The van der Waals surface area contributed by atoms with Crippen molar-refractivity contribution >= 4 is 28.8 Å². The van der Waals surface area contributed by atoms with Crippen LogP contribution in [0.2, 0.25) is 0 Å². The van der Waals surface area contributed by atoms with Crippen molar-refractivity contribution in [3.8, 4) is 5.75 Å². The van der Waals surface area contributed by atoms with Gasteiger partial charge in [-0.1, -0.05) is 35.6 Å². The molecular weight excluding hydrogens is 431 g/mol. The van der Waals surface area contributed by atoms with Crippen molar-refractivity contribution in [1.82, 2.24) is 15.1 Å². The standard InChI is InChI=1S/C23H23FN4O3S/c1-15(31-19-10-3-2-4-11-19)23(30)28-12-6-7-16(14-28)21-26-27-22(32-21)20(29)25-18-9-5-8-17(24)13-18/h2-5,8-11,13,15-16H,6-7,12,14H2,1H3,(H,25,29)/t15-,16-/m0/s1. The van der Waals surface area contributed by atoms with Crippen molar-refractivity contribution in [2.24, 2.45) is 0 Å². The number of anilines is 1. The number of carbonyl (C=O) groups is 2. The van der Waals surface area contributed by atoms with Crippen molar-refractivity contribution in [3.63, 3.8) is 0 Å². The number of ether oxygens (including phenoxy) is 1. The summed E-state index contributed by atoms with van der Waals surface area (Å²) in [5, 5.41) is 11.7. The molecule has 1 saturated heterocycles. The Kier molecular flexibility index (Phi) is 6.75. The second-order valence-corrected chi connectivity index (χ2v) is 8.62.